The Labute approximate surface area is 119 Å². The molecule has 0 aliphatic rings. The lowest BCUT2D eigenvalue weighted by Gasteiger charge is -2.05. The number of nitrogens with zero attached hydrogens (tertiary/aromatic N) is 1. The van der Waals surface area contributed by atoms with Gasteiger partial charge in [0.15, 0.2) is 0 Å². The number of ether oxygens (including phenoxy) is 2. The molecule has 0 N–H and O–H groups in total. The SMILES string of the molecule is COc1ccc(COC(=O)c2cccc(Br)n2)cc1. The van der Waals surface area contributed by atoms with E-state index in [0.29, 0.717) is 4.60 Å². The lowest BCUT2D eigenvalue weighted by molar-refractivity contribution is 0.0465. The van der Waals surface area contributed by atoms with Crippen LogP contribution in [0.2, 0.25) is 0 Å². The molecule has 19 heavy (non-hydrogen) atoms. The molecule has 0 unspecified atom stereocenters. The van der Waals surface area contributed by atoms with Crippen molar-refractivity contribution in [3.8, 4) is 5.75 Å². The van der Waals surface area contributed by atoms with Gasteiger partial charge in [0.05, 0.1) is 7.11 Å². The maximum absolute atomic E-state index is 11.8. The van der Waals surface area contributed by atoms with E-state index in [4.69, 9.17) is 9.47 Å². The Morgan fingerprint density at radius 2 is 1.95 bits per heavy atom. The molecule has 0 aliphatic heterocycles. The van der Waals surface area contributed by atoms with Crippen molar-refractivity contribution in [2.75, 3.05) is 7.11 Å². The van der Waals surface area contributed by atoms with Crippen LogP contribution in [-0.2, 0) is 11.3 Å². The maximum Gasteiger partial charge on any atom is 0.357 e. The summed E-state index contributed by atoms with van der Waals surface area (Å²) in [6.07, 6.45) is 0. The molecule has 4 nitrogen and oxygen atoms in total. The van der Waals surface area contributed by atoms with Gasteiger partial charge in [0.1, 0.15) is 22.7 Å². The minimum absolute atomic E-state index is 0.205. The van der Waals surface area contributed by atoms with Crippen molar-refractivity contribution in [2.24, 2.45) is 0 Å². The second kappa shape index (κ2) is 6.33. The van der Waals surface area contributed by atoms with Crippen LogP contribution in [0.1, 0.15) is 16.1 Å². The maximum atomic E-state index is 11.8. The molecule has 1 aromatic carbocycles. The number of carbonyl (C=O) groups is 1. The van der Waals surface area contributed by atoms with E-state index in [0.717, 1.165) is 11.3 Å². The van der Waals surface area contributed by atoms with E-state index < -0.39 is 5.97 Å². The van der Waals surface area contributed by atoms with Crippen LogP contribution < -0.4 is 4.74 Å². The Bertz CT molecular complexity index is 569. The summed E-state index contributed by atoms with van der Waals surface area (Å²) < 4.78 is 10.8. The molecule has 0 atom stereocenters. The predicted molar refractivity (Wildman–Crippen MR) is 74.1 cm³/mol. The molecule has 0 spiro atoms. The fraction of sp³-hybridized carbons (Fsp3) is 0.143. The minimum Gasteiger partial charge on any atom is -0.497 e. The van der Waals surface area contributed by atoms with E-state index in [2.05, 4.69) is 20.9 Å². The lowest BCUT2D eigenvalue weighted by Crippen LogP contribution is -2.07. The Kier molecular flexibility index (Phi) is 4.52. The summed E-state index contributed by atoms with van der Waals surface area (Å²) in [4.78, 5) is 15.8. The molecule has 2 rings (SSSR count). The van der Waals surface area contributed by atoms with E-state index in [1.165, 1.54) is 0 Å². The first kappa shape index (κ1) is 13.5. The number of carbonyl (C=O) groups excluding carboxylic acids is 1. The van der Waals surface area contributed by atoms with Gasteiger partial charge in [-0.05, 0) is 45.8 Å². The summed E-state index contributed by atoms with van der Waals surface area (Å²) >= 11 is 3.21. The van der Waals surface area contributed by atoms with Crippen LogP contribution in [0.5, 0.6) is 5.75 Å². The third-order valence-electron chi connectivity index (χ3n) is 2.45. The van der Waals surface area contributed by atoms with Gasteiger partial charge >= 0.3 is 5.97 Å². The molecule has 0 fully saturated rings. The van der Waals surface area contributed by atoms with Crippen molar-refractivity contribution in [3.63, 3.8) is 0 Å². The molecular formula is C14H12BrNO3. The highest BCUT2D eigenvalue weighted by Crippen LogP contribution is 2.13. The molecule has 0 radical (unpaired) electrons. The summed E-state index contributed by atoms with van der Waals surface area (Å²) in [5.41, 5.74) is 1.17. The van der Waals surface area contributed by atoms with E-state index in [9.17, 15) is 4.79 Å². The average molecular weight is 322 g/mol. The summed E-state index contributed by atoms with van der Waals surface area (Å²) in [7, 11) is 1.61. The van der Waals surface area contributed by atoms with Crippen LogP contribution in [0, 0.1) is 0 Å². The van der Waals surface area contributed by atoms with Gasteiger partial charge in [0, 0.05) is 0 Å². The van der Waals surface area contributed by atoms with Crippen LogP contribution in [0.25, 0.3) is 0 Å². The molecule has 0 aliphatic carbocycles. The van der Waals surface area contributed by atoms with Crippen LogP contribution in [0.4, 0.5) is 0 Å². The van der Waals surface area contributed by atoms with Crippen molar-refractivity contribution in [1.82, 2.24) is 4.98 Å². The first-order valence-electron chi connectivity index (χ1n) is 5.61. The Balaban J connectivity index is 1.96. The number of esters is 1. The number of hydrogen-bond donors (Lipinski definition) is 0. The van der Waals surface area contributed by atoms with Gasteiger partial charge in [0.25, 0.3) is 0 Å². The largest absolute Gasteiger partial charge is 0.497 e. The summed E-state index contributed by atoms with van der Waals surface area (Å²) in [6, 6.07) is 12.4. The number of rotatable bonds is 4. The number of halogens is 1. The molecule has 98 valence electrons. The predicted octanol–water partition coefficient (Wildman–Crippen LogP) is 3.21. The van der Waals surface area contributed by atoms with E-state index >= 15 is 0 Å². The minimum atomic E-state index is -0.447. The Morgan fingerprint density at radius 1 is 1.21 bits per heavy atom. The van der Waals surface area contributed by atoms with Gasteiger partial charge in [-0.25, -0.2) is 9.78 Å². The second-order valence-corrected chi connectivity index (χ2v) is 4.58. The molecule has 5 heteroatoms. The van der Waals surface area contributed by atoms with Gasteiger partial charge in [-0.1, -0.05) is 18.2 Å². The van der Waals surface area contributed by atoms with Gasteiger partial charge in [-0.15, -0.1) is 0 Å². The van der Waals surface area contributed by atoms with Crippen molar-refractivity contribution < 1.29 is 14.3 Å². The normalized spacial score (nSPS) is 10.0. The highest BCUT2D eigenvalue weighted by molar-refractivity contribution is 9.10. The number of aromatic nitrogens is 1. The first-order valence-corrected chi connectivity index (χ1v) is 6.41. The molecular weight excluding hydrogens is 310 g/mol. The van der Waals surface area contributed by atoms with Crippen LogP contribution >= 0.6 is 15.9 Å². The molecule has 0 saturated carbocycles. The third kappa shape index (κ3) is 3.79. The van der Waals surface area contributed by atoms with Crippen molar-refractivity contribution in [1.29, 1.82) is 0 Å². The topological polar surface area (TPSA) is 48.4 Å². The van der Waals surface area contributed by atoms with Gasteiger partial charge in [-0.2, -0.15) is 0 Å². The van der Waals surface area contributed by atoms with Gasteiger partial charge in [-0.3, -0.25) is 0 Å². The highest BCUT2D eigenvalue weighted by Gasteiger charge is 2.09. The first-order chi connectivity index (χ1) is 9.19. The second-order valence-electron chi connectivity index (χ2n) is 3.77. The quantitative estimate of drug-likeness (QED) is 0.641. The molecule has 0 amide bonds. The molecule has 0 bridgehead atoms. The molecule has 1 aromatic heterocycles. The Morgan fingerprint density at radius 3 is 2.58 bits per heavy atom. The van der Waals surface area contributed by atoms with Gasteiger partial charge < -0.3 is 9.47 Å². The molecule has 1 heterocycles. The number of benzene rings is 1. The summed E-state index contributed by atoms with van der Waals surface area (Å²) in [5, 5.41) is 0. The molecule has 0 saturated heterocycles. The smallest absolute Gasteiger partial charge is 0.357 e. The van der Waals surface area contributed by atoms with E-state index in [1.807, 2.05) is 24.3 Å². The number of methoxy groups -OCH3 is 1. The fourth-order valence-electron chi connectivity index (χ4n) is 1.47. The monoisotopic (exact) mass is 321 g/mol. The summed E-state index contributed by atoms with van der Waals surface area (Å²) in [5.74, 6) is 0.320. The third-order valence-corrected chi connectivity index (χ3v) is 2.89. The highest BCUT2D eigenvalue weighted by atomic mass is 79.9. The van der Waals surface area contributed by atoms with Crippen LogP contribution in [0.15, 0.2) is 47.1 Å². The van der Waals surface area contributed by atoms with E-state index in [-0.39, 0.29) is 12.3 Å². The summed E-state index contributed by atoms with van der Waals surface area (Å²) in [6.45, 7) is 0.205. The zero-order chi connectivity index (χ0) is 13.7. The average Bonchev–Trinajstić information content (AvgIpc) is 2.45. The standard InChI is InChI=1S/C14H12BrNO3/c1-18-11-7-5-10(6-8-11)9-19-14(17)12-3-2-4-13(15)16-12/h2-8H,9H2,1H3. The van der Waals surface area contributed by atoms with Crippen molar-refractivity contribution in [3.05, 3.63) is 58.3 Å². The van der Waals surface area contributed by atoms with Crippen molar-refractivity contribution in [2.45, 2.75) is 6.61 Å². The van der Waals surface area contributed by atoms with Crippen LogP contribution in [-0.4, -0.2) is 18.1 Å². The van der Waals surface area contributed by atoms with Gasteiger partial charge in [0.2, 0.25) is 0 Å². The van der Waals surface area contributed by atoms with Crippen molar-refractivity contribution >= 4 is 21.9 Å². The Hall–Kier alpha value is -1.88. The number of pyridine rings is 1. The zero-order valence-corrected chi connectivity index (χ0v) is 11.9. The van der Waals surface area contributed by atoms with Crippen LogP contribution in [0.3, 0.4) is 0 Å². The van der Waals surface area contributed by atoms with E-state index in [1.54, 1.807) is 25.3 Å². The zero-order valence-electron chi connectivity index (χ0n) is 10.3. The molecule has 2 aromatic rings. The fourth-order valence-corrected chi connectivity index (χ4v) is 1.81. The lowest BCUT2D eigenvalue weighted by atomic mass is 10.2. The number of hydrogen-bond acceptors (Lipinski definition) is 4.